The minimum Gasteiger partial charge on any atom is -0.300 e. The molecule has 1 saturated heterocycles. The van der Waals surface area contributed by atoms with Crippen molar-refractivity contribution in [3.63, 3.8) is 0 Å². The van der Waals surface area contributed by atoms with E-state index in [4.69, 9.17) is 0 Å². The van der Waals surface area contributed by atoms with E-state index >= 15 is 0 Å². The van der Waals surface area contributed by atoms with Gasteiger partial charge in [-0.3, -0.25) is 0 Å². The van der Waals surface area contributed by atoms with Crippen molar-refractivity contribution in [1.82, 2.24) is 4.90 Å². The average molecular weight is 320 g/mol. The average Bonchev–Trinajstić information content (AvgIpc) is 2.35. The van der Waals surface area contributed by atoms with Gasteiger partial charge in [-0.1, -0.05) is 46.3 Å². The van der Waals surface area contributed by atoms with E-state index in [9.17, 15) is 0 Å². The second-order valence-electron chi connectivity index (χ2n) is 9.82. The molecule has 0 amide bonds. The van der Waals surface area contributed by atoms with Crippen molar-refractivity contribution >= 4 is 0 Å². The molecule has 2 rings (SSSR count). The first-order chi connectivity index (χ1) is 10.7. The summed E-state index contributed by atoms with van der Waals surface area (Å²) >= 11 is 0. The number of rotatable bonds is 6. The van der Waals surface area contributed by atoms with Crippen LogP contribution in [0.2, 0.25) is 0 Å². The molecule has 0 aromatic heterocycles. The van der Waals surface area contributed by atoms with Gasteiger partial charge in [0.2, 0.25) is 0 Å². The summed E-state index contributed by atoms with van der Waals surface area (Å²) in [6.07, 6.45) is 9.55. The van der Waals surface area contributed by atoms with Gasteiger partial charge in [0.1, 0.15) is 0 Å². The van der Waals surface area contributed by atoms with E-state index in [0.717, 1.165) is 29.7 Å². The summed E-state index contributed by atoms with van der Waals surface area (Å²) in [5, 5.41) is 0. The van der Waals surface area contributed by atoms with E-state index in [1.54, 1.807) is 5.57 Å². The van der Waals surface area contributed by atoms with Crippen LogP contribution in [0.3, 0.4) is 0 Å². The van der Waals surface area contributed by atoms with Crippen molar-refractivity contribution in [3.8, 4) is 0 Å². The zero-order valence-corrected chi connectivity index (χ0v) is 16.9. The molecule has 0 aromatic rings. The SMILES string of the molecule is CC(C=C1CCC(C(C)C)CC1)CC(C)(C)C1CN(C(C)C)C1. The highest BCUT2D eigenvalue weighted by atomic mass is 15.2. The Morgan fingerprint density at radius 1 is 1.04 bits per heavy atom. The van der Waals surface area contributed by atoms with Gasteiger partial charge in [0, 0.05) is 19.1 Å². The molecule has 1 unspecified atom stereocenters. The van der Waals surface area contributed by atoms with E-state index < -0.39 is 0 Å². The van der Waals surface area contributed by atoms with Gasteiger partial charge in [-0.05, 0) is 75.0 Å². The van der Waals surface area contributed by atoms with Gasteiger partial charge in [-0.15, -0.1) is 0 Å². The lowest BCUT2D eigenvalue weighted by atomic mass is 9.69. The summed E-state index contributed by atoms with van der Waals surface area (Å²) in [6.45, 7) is 19.5. The molecule has 134 valence electrons. The Morgan fingerprint density at radius 3 is 2.09 bits per heavy atom. The second-order valence-corrected chi connectivity index (χ2v) is 9.82. The summed E-state index contributed by atoms with van der Waals surface area (Å²) in [5.74, 6) is 3.47. The molecule has 1 heteroatoms. The van der Waals surface area contributed by atoms with Crippen molar-refractivity contribution in [2.24, 2.45) is 29.1 Å². The lowest BCUT2D eigenvalue weighted by molar-refractivity contribution is -0.0126. The molecule has 1 aliphatic carbocycles. The Bertz CT molecular complexity index is 388. The molecule has 0 radical (unpaired) electrons. The van der Waals surface area contributed by atoms with Crippen LogP contribution in [0.15, 0.2) is 11.6 Å². The van der Waals surface area contributed by atoms with Crippen LogP contribution < -0.4 is 0 Å². The summed E-state index contributed by atoms with van der Waals surface area (Å²) in [6, 6.07) is 0.720. The largest absolute Gasteiger partial charge is 0.300 e. The molecule has 0 N–H and O–H groups in total. The molecule has 1 atom stereocenters. The Kier molecular flexibility index (Phi) is 6.39. The number of hydrogen-bond donors (Lipinski definition) is 0. The summed E-state index contributed by atoms with van der Waals surface area (Å²) < 4.78 is 0. The van der Waals surface area contributed by atoms with E-state index in [2.05, 4.69) is 59.4 Å². The Hall–Kier alpha value is -0.300. The summed E-state index contributed by atoms with van der Waals surface area (Å²) in [5.41, 5.74) is 2.24. The van der Waals surface area contributed by atoms with Crippen LogP contribution in [0.25, 0.3) is 0 Å². The minimum atomic E-state index is 0.483. The zero-order valence-electron chi connectivity index (χ0n) is 16.9. The topological polar surface area (TPSA) is 3.24 Å². The van der Waals surface area contributed by atoms with E-state index in [-0.39, 0.29) is 0 Å². The summed E-state index contributed by atoms with van der Waals surface area (Å²) in [7, 11) is 0. The van der Waals surface area contributed by atoms with Crippen molar-refractivity contribution in [3.05, 3.63) is 11.6 Å². The van der Waals surface area contributed by atoms with Gasteiger partial charge >= 0.3 is 0 Å². The number of hydrogen-bond acceptors (Lipinski definition) is 1. The van der Waals surface area contributed by atoms with Gasteiger partial charge in [0.25, 0.3) is 0 Å². The lowest BCUT2D eigenvalue weighted by Crippen LogP contribution is -2.55. The fourth-order valence-electron chi connectivity index (χ4n) is 4.73. The van der Waals surface area contributed by atoms with E-state index in [1.165, 1.54) is 45.2 Å². The highest BCUT2D eigenvalue weighted by molar-refractivity contribution is 5.08. The van der Waals surface area contributed by atoms with E-state index in [1.807, 2.05) is 0 Å². The van der Waals surface area contributed by atoms with Crippen LogP contribution >= 0.6 is 0 Å². The van der Waals surface area contributed by atoms with E-state index in [0.29, 0.717) is 5.41 Å². The highest BCUT2D eigenvalue weighted by Gasteiger charge is 2.39. The quantitative estimate of drug-likeness (QED) is 0.531. The monoisotopic (exact) mass is 319 g/mol. The number of nitrogens with zero attached hydrogens (tertiary/aromatic N) is 1. The molecule has 0 spiro atoms. The Balaban J connectivity index is 1.80. The van der Waals surface area contributed by atoms with Crippen LogP contribution in [-0.4, -0.2) is 24.0 Å². The third-order valence-electron chi connectivity index (χ3n) is 6.73. The minimum absolute atomic E-state index is 0.483. The van der Waals surface area contributed by atoms with Crippen molar-refractivity contribution < 1.29 is 0 Å². The Labute approximate surface area is 145 Å². The van der Waals surface area contributed by atoms with Crippen LogP contribution in [-0.2, 0) is 0 Å². The Morgan fingerprint density at radius 2 is 1.61 bits per heavy atom. The molecule has 0 bridgehead atoms. The predicted octanol–water partition coefficient (Wildman–Crippen LogP) is 6.15. The maximum Gasteiger partial charge on any atom is 0.00388 e. The van der Waals surface area contributed by atoms with Gasteiger partial charge in [0.05, 0.1) is 0 Å². The predicted molar refractivity (Wildman–Crippen MR) is 103 cm³/mol. The molecular formula is C22H41N. The number of allylic oxidation sites excluding steroid dienone is 2. The van der Waals surface area contributed by atoms with Crippen molar-refractivity contribution in [2.75, 3.05) is 13.1 Å². The van der Waals surface area contributed by atoms with Crippen LogP contribution in [0, 0.1) is 29.1 Å². The van der Waals surface area contributed by atoms with Gasteiger partial charge in [-0.25, -0.2) is 0 Å². The standard InChI is InChI=1S/C22H41N/c1-16(2)20-10-8-19(9-11-20)12-18(5)13-22(6,7)21-14-23(15-21)17(3)4/h12,16-18,20-21H,8-11,13-15H2,1-7H3. The smallest absolute Gasteiger partial charge is 0.00388 e. The highest BCUT2D eigenvalue weighted by Crippen LogP contribution is 2.41. The third kappa shape index (κ3) is 5.08. The van der Waals surface area contributed by atoms with Gasteiger partial charge in [-0.2, -0.15) is 0 Å². The maximum atomic E-state index is 2.64. The molecule has 0 aromatic carbocycles. The lowest BCUT2D eigenvalue weighted by Gasteiger charge is -2.50. The van der Waals surface area contributed by atoms with Crippen LogP contribution in [0.5, 0.6) is 0 Å². The maximum absolute atomic E-state index is 2.64. The second kappa shape index (κ2) is 7.72. The first-order valence-corrected chi connectivity index (χ1v) is 10.1. The van der Waals surface area contributed by atoms with Crippen molar-refractivity contribution in [2.45, 2.75) is 86.6 Å². The first kappa shape index (κ1) is 19.0. The first-order valence-electron chi connectivity index (χ1n) is 10.1. The normalized spacial score (nSPS) is 25.8. The molecule has 1 heterocycles. The molecule has 1 saturated carbocycles. The van der Waals surface area contributed by atoms with Crippen LogP contribution in [0.1, 0.15) is 80.6 Å². The molecule has 2 aliphatic rings. The fraction of sp³-hybridized carbons (Fsp3) is 0.909. The fourth-order valence-corrected chi connectivity index (χ4v) is 4.73. The van der Waals surface area contributed by atoms with Crippen LogP contribution in [0.4, 0.5) is 0 Å². The molecule has 23 heavy (non-hydrogen) atoms. The third-order valence-corrected chi connectivity index (χ3v) is 6.73. The molecule has 1 aliphatic heterocycles. The number of likely N-dealkylation sites (tertiary alicyclic amines) is 1. The molecule has 1 nitrogen and oxygen atoms in total. The molecule has 2 fully saturated rings. The summed E-state index contributed by atoms with van der Waals surface area (Å²) in [4.78, 5) is 2.61. The van der Waals surface area contributed by atoms with Gasteiger partial charge in [0.15, 0.2) is 0 Å². The van der Waals surface area contributed by atoms with Gasteiger partial charge < -0.3 is 4.90 Å². The van der Waals surface area contributed by atoms with Crippen molar-refractivity contribution in [1.29, 1.82) is 0 Å². The molecular weight excluding hydrogens is 278 g/mol. The zero-order chi connectivity index (χ0) is 17.2.